The molecular weight excluding hydrogens is 368 g/mol. The van der Waals surface area contributed by atoms with Gasteiger partial charge < -0.3 is 19.1 Å². The molecule has 2 aromatic rings. The molecule has 0 N–H and O–H groups in total. The number of rotatable bonds is 6. The number of methoxy groups -OCH3 is 1. The van der Waals surface area contributed by atoms with Crippen LogP contribution in [0.4, 0.5) is 0 Å². The van der Waals surface area contributed by atoms with Gasteiger partial charge in [-0.05, 0) is 43.1 Å². The molecule has 1 fully saturated rings. The smallest absolute Gasteiger partial charge is 0.236 e. The lowest BCUT2D eigenvalue weighted by atomic mass is 10.0. The van der Waals surface area contributed by atoms with Crippen molar-refractivity contribution in [2.24, 2.45) is 0 Å². The second-order valence-corrected chi connectivity index (χ2v) is 7.59. The Morgan fingerprint density at radius 1 is 1.17 bits per heavy atom. The fraction of sp³-hybridized carbons (Fsp3) is 0.435. The van der Waals surface area contributed by atoms with E-state index in [-0.39, 0.29) is 11.9 Å². The van der Waals surface area contributed by atoms with Gasteiger partial charge >= 0.3 is 0 Å². The maximum absolute atomic E-state index is 12.9. The number of nitrogens with zero attached hydrogens (tertiary/aromatic N) is 2. The second kappa shape index (κ2) is 8.74. The summed E-state index contributed by atoms with van der Waals surface area (Å²) in [6.07, 6.45) is 2.13. The number of likely N-dealkylation sites (tertiary alicyclic amines) is 1. The molecule has 1 unspecified atom stereocenters. The summed E-state index contributed by atoms with van der Waals surface area (Å²) >= 11 is 0. The highest BCUT2D eigenvalue weighted by molar-refractivity contribution is 5.78. The van der Waals surface area contributed by atoms with Gasteiger partial charge in [-0.15, -0.1) is 0 Å². The molecule has 29 heavy (non-hydrogen) atoms. The molecule has 154 valence electrons. The van der Waals surface area contributed by atoms with E-state index in [2.05, 4.69) is 17.0 Å². The Morgan fingerprint density at radius 3 is 2.79 bits per heavy atom. The summed E-state index contributed by atoms with van der Waals surface area (Å²) in [5.41, 5.74) is 2.20. The van der Waals surface area contributed by atoms with Crippen LogP contribution in [-0.2, 0) is 11.3 Å². The lowest BCUT2D eigenvalue weighted by Crippen LogP contribution is -2.37. The molecule has 0 radical (unpaired) electrons. The number of fused-ring (bicyclic) bond motifs is 1. The molecule has 0 aliphatic carbocycles. The first-order chi connectivity index (χ1) is 14.2. The minimum absolute atomic E-state index is 0.111. The molecule has 2 aliphatic rings. The molecule has 4 rings (SSSR count). The highest BCUT2D eigenvalue weighted by atomic mass is 16.6. The van der Waals surface area contributed by atoms with Crippen molar-refractivity contribution in [3.63, 3.8) is 0 Å². The number of para-hydroxylation sites is 1. The number of amides is 1. The van der Waals surface area contributed by atoms with Gasteiger partial charge in [-0.3, -0.25) is 9.69 Å². The average Bonchev–Trinajstić information content (AvgIpc) is 3.21. The summed E-state index contributed by atoms with van der Waals surface area (Å²) in [4.78, 5) is 17.0. The minimum atomic E-state index is 0.111. The Kier molecular flexibility index (Phi) is 5.90. The molecule has 1 amide bonds. The molecule has 6 nitrogen and oxygen atoms in total. The van der Waals surface area contributed by atoms with Crippen molar-refractivity contribution >= 4 is 5.91 Å². The van der Waals surface area contributed by atoms with E-state index in [1.165, 1.54) is 5.56 Å². The molecule has 1 atom stereocenters. The van der Waals surface area contributed by atoms with Crippen LogP contribution in [0.1, 0.15) is 30.0 Å². The van der Waals surface area contributed by atoms with E-state index in [4.69, 9.17) is 14.2 Å². The average molecular weight is 396 g/mol. The molecule has 2 aromatic carbocycles. The van der Waals surface area contributed by atoms with Crippen LogP contribution in [0.2, 0.25) is 0 Å². The number of carbonyl (C=O) groups excluding carboxylic acids is 1. The highest BCUT2D eigenvalue weighted by Gasteiger charge is 2.29. The zero-order chi connectivity index (χ0) is 20.2. The Morgan fingerprint density at radius 2 is 1.97 bits per heavy atom. The largest absolute Gasteiger partial charge is 0.496 e. The third-order valence-corrected chi connectivity index (χ3v) is 5.68. The van der Waals surface area contributed by atoms with Crippen molar-refractivity contribution in [2.75, 3.05) is 40.5 Å². The van der Waals surface area contributed by atoms with E-state index < -0.39 is 0 Å². The standard InChI is InChI=1S/C23H28N2O4/c1-24(15-18-6-3-4-8-20(18)27-2)23(26)16-25-11-5-7-19(25)17-9-10-21-22(14-17)29-13-12-28-21/h3-4,6,8-10,14,19H,5,7,11-13,15-16H2,1-2H3. The Bertz CT molecular complexity index is 870. The Labute approximate surface area is 172 Å². The highest BCUT2D eigenvalue weighted by Crippen LogP contribution is 2.38. The predicted octanol–water partition coefficient (Wildman–Crippen LogP) is 3.26. The molecule has 0 saturated carbocycles. The third-order valence-electron chi connectivity index (χ3n) is 5.68. The quantitative estimate of drug-likeness (QED) is 0.750. The summed E-state index contributed by atoms with van der Waals surface area (Å²) in [5, 5.41) is 0. The van der Waals surface area contributed by atoms with E-state index in [0.717, 1.165) is 42.2 Å². The van der Waals surface area contributed by atoms with Crippen molar-refractivity contribution < 1.29 is 19.0 Å². The van der Waals surface area contributed by atoms with Gasteiger partial charge in [0.1, 0.15) is 19.0 Å². The molecule has 0 spiro atoms. The van der Waals surface area contributed by atoms with Crippen LogP contribution in [0.5, 0.6) is 17.2 Å². The molecule has 2 aliphatic heterocycles. The van der Waals surface area contributed by atoms with E-state index in [9.17, 15) is 4.79 Å². The number of hydrogen-bond acceptors (Lipinski definition) is 5. The van der Waals surface area contributed by atoms with Gasteiger partial charge in [0.25, 0.3) is 0 Å². The monoisotopic (exact) mass is 396 g/mol. The summed E-state index contributed by atoms with van der Waals surface area (Å²) in [6.45, 7) is 3.04. The van der Waals surface area contributed by atoms with Crippen molar-refractivity contribution in [3.05, 3.63) is 53.6 Å². The van der Waals surface area contributed by atoms with Gasteiger partial charge in [-0.25, -0.2) is 0 Å². The summed E-state index contributed by atoms with van der Waals surface area (Å²) < 4.78 is 16.8. The van der Waals surface area contributed by atoms with Crippen LogP contribution in [0.15, 0.2) is 42.5 Å². The zero-order valence-corrected chi connectivity index (χ0v) is 17.1. The van der Waals surface area contributed by atoms with Crippen molar-refractivity contribution in [2.45, 2.75) is 25.4 Å². The van der Waals surface area contributed by atoms with Gasteiger partial charge in [0.05, 0.1) is 13.7 Å². The molecule has 2 heterocycles. The number of hydrogen-bond donors (Lipinski definition) is 0. The lowest BCUT2D eigenvalue weighted by Gasteiger charge is -2.28. The van der Waals surface area contributed by atoms with E-state index in [1.807, 2.05) is 37.4 Å². The van der Waals surface area contributed by atoms with Gasteiger partial charge in [0.2, 0.25) is 5.91 Å². The van der Waals surface area contributed by atoms with Crippen LogP contribution in [-0.4, -0.2) is 56.2 Å². The van der Waals surface area contributed by atoms with E-state index >= 15 is 0 Å². The first-order valence-corrected chi connectivity index (χ1v) is 10.1. The third kappa shape index (κ3) is 4.32. The SMILES string of the molecule is COc1ccccc1CN(C)C(=O)CN1CCCC1c1ccc2c(c1)OCCO2. The van der Waals surface area contributed by atoms with Gasteiger partial charge in [-0.2, -0.15) is 0 Å². The first-order valence-electron chi connectivity index (χ1n) is 10.1. The normalized spacial score (nSPS) is 18.5. The first kappa shape index (κ1) is 19.6. The molecular formula is C23H28N2O4. The van der Waals surface area contributed by atoms with Crippen molar-refractivity contribution in [3.8, 4) is 17.2 Å². The summed E-state index contributed by atoms with van der Waals surface area (Å²) in [7, 11) is 3.51. The van der Waals surface area contributed by atoms with Crippen LogP contribution in [0.3, 0.4) is 0 Å². The number of ether oxygens (including phenoxy) is 3. The van der Waals surface area contributed by atoms with Gasteiger partial charge in [-0.1, -0.05) is 24.3 Å². The Hall–Kier alpha value is -2.73. The summed E-state index contributed by atoms with van der Waals surface area (Å²) in [5.74, 6) is 2.53. The molecule has 6 heteroatoms. The predicted molar refractivity (Wildman–Crippen MR) is 110 cm³/mol. The molecule has 0 aromatic heterocycles. The Balaban J connectivity index is 1.42. The van der Waals surface area contributed by atoms with Crippen LogP contribution in [0, 0.1) is 0 Å². The minimum Gasteiger partial charge on any atom is -0.496 e. The van der Waals surface area contributed by atoms with Gasteiger partial charge in [0.15, 0.2) is 11.5 Å². The topological polar surface area (TPSA) is 51.2 Å². The fourth-order valence-electron chi connectivity index (χ4n) is 4.13. The van der Waals surface area contributed by atoms with Crippen molar-refractivity contribution in [1.82, 2.24) is 9.80 Å². The molecule has 1 saturated heterocycles. The van der Waals surface area contributed by atoms with E-state index in [1.54, 1.807) is 12.0 Å². The second-order valence-electron chi connectivity index (χ2n) is 7.59. The number of carbonyl (C=O) groups is 1. The van der Waals surface area contributed by atoms with Crippen LogP contribution >= 0.6 is 0 Å². The lowest BCUT2D eigenvalue weighted by molar-refractivity contribution is -0.131. The van der Waals surface area contributed by atoms with Crippen LogP contribution < -0.4 is 14.2 Å². The van der Waals surface area contributed by atoms with Crippen LogP contribution in [0.25, 0.3) is 0 Å². The zero-order valence-electron chi connectivity index (χ0n) is 17.1. The van der Waals surface area contributed by atoms with Gasteiger partial charge in [0, 0.05) is 25.2 Å². The number of benzene rings is 2. The fourth-order valence-corrected chi connectivity index (χ4v) is 4.13. The maximum atomic E-state index is 12.9. The number of likely N-dealkylation sites (N-methyl/N-ethyl adjacent to an activating group) is 1. The van der Waals surface area contributed by atoms with Crippen molar-refractivity contribution in [1.29, 1.82) is 0 Å². The molecule has 0 bridgehead atoms. The maximum Gasteiger partial charge on any atom is 0.236 e. The van der Waals surface area contributed by atoms with E-state index in [0.29, 0.717) is 26.3 Å². The summed E-state index contributed by atoms with van der Waals surface area (Å²) in [6, 6.07) is 14.2.